The number of hydrogen-bond donors (Lipinski definition) is 0. The normalized spacial score (nSPS) is 25.4. The summed E-state index contributed by atoms with van der Waals surface area (Å²) in [5.74, 6) is 0.577. The van der Waals surface area contributed by atoms with Crippen molar-refractivity contribution in [3.8, 4) is 0 Å². The molecule has 0 aliphatic carbocycles. The van der Waals surface area contributed by atoms with Crippen molar-refractivity contribution in [1.82, 2.24) is 9.80 Å². The summed E-state index contributed by atoms with van der Waals surface area (Å²) in [4.78, 5) is 4.76. The standard InChI is InChI=1S/C22H28N2O2S/c1-17(2)10-11-23-12-13-24(22-16-27(25,26)15-21(22)23)14-19-8-5-7-18-6-3-4-9-20(18)19/h3-10,21-22H,11-16H2,1-2H3/t21-,22+/m0/s1. The maximum Gasteiger partial charge on any atom is 0.153 e. The molecule has 4 rings (SSSR count). The van der Waals surface area contributed by atoms with Crippen LogP contribution in [0.2, 0.25) is 0 Å². The molecule has 5 heteroatoms. The topological polar surface area (TPSA) is 40.6 Å². The number of benzene rings is 2. The molecule has 0 bridgehead atoms. The van der Waals surface area contributed by atoms with E-state index < -0.39 is 9.84 Å². The third-order valence-electron chi connectivity index (χ3n) is 5.89. The Balaban J connectivity index is 1.60. The summed E-state index contributed by atoms with van der Waals surface area (Å²) in [6, 6.07) is 15.1. The summed E-state index contributed by atoms with van der Waals surface area (Å²) in [5.41, 5.74) is 2.57. The van der Waals surface area contributed by atoms with Gasteiger partial charge in [0.1, 0.15) is 0 Å². The van der Waals surface area contributed by atoms with Gasteiger partial charge in [-0.2, -0.15) is 0 Å². The van der Waals surface area contributed by atoms with Crippen LogP contribution in [0, 0.1) is 0 Å². The lowest BCUT2D eigenvalue weighted by atomic mass is 10.0. The smallest absolute Gasteiger partial charge is 0.153 e. The molecule has 2 aliphatic heterocycles. The number of hydrogen-bond acceptors (Lipinski definition) is 4. The number of nitrogens with zero attached hydrogens (tertiary/aromatic N) is 2. The molecule has 144 valence electrons. The van der Waals surface area contributed by atoms with E-state index in [2.05, 4.69) is 72.2 Å². The lowest BCUT2D eigenvalue weighted by Gasteiger charge is -2.43. The Labute approximate surface area is 162 Å². The Bertz CT molecular complexity index is 958. The highest BCUT2D eigenvalue weighted by Gasteiger charge is 2.46. The fourth-order valence-electron chi connectivity index (χ4n) is 4.47. The fraction of sp³-hybridized carbons (Fsp3) is 0.455. The molecular weight excluding hydrogens is 356 g/mol. The first kappa shape index (κ1) is 18.7. The van der Waals surface area contributed by atoms with E-state index in [9.17, 15) is 8.42 Å². The molecule has 0 radical (unpaired) electrons. The zero-order valence-electron chi connectivity index (χ0n) is 16.1. The number of allylic oxidation sites excluding steroid dienone is 1. The summed E-state index contributed by atoms with van der Waals surface area (Å²) in [5, 5.41) is 2.51. The highest BCUT2D eigenvalue weighted by Crippen LogP contribution is 2.29. The Morgan fingerprint density at radius 3 is 2.44 bits per heavy atom. The highest BCUT2D eigenvalue weighted by atomic mass is 32.2. The van der Waals surface area contributed by atoms with Crippen molar-refractivity contribution in [3.63, 3.8) is 0 Å². The third-order valence-corrected chi connectivity index (χ3v) is 7.59. The van der Waals surface area contributed by atoms with Crippen LogP contribution in [0.25, 0.3) is 10.8 Å². The van der Waals surface area contributed by atoms with E-state index in [0.29, 0.717) is 5.75 Å². The zero-order valence-corrected chi connectivity index (χ0v) is 17.0. The van der Waals surface area contributed by atoms with E-state index in [0.717, 1.165) is 26.2 Å². The van der Waals surface area contributed by atoms with Crippen molar-refractivity contribution in [3.05, 3.63) is 59.7 Å². The van der Waals surface area contributed by atoms with Crippen LogP contribution >= 0.6 is 0 Å². The molecule has 27 heavy (non-hydrogen) atoms. The second-order valence-corrected chi connectivity index (χ2v) is 10.3. The third kappa shape index (κ3) is 3.96. The molecule has 0 unspecified atom stereocenters. The van der Waals surface area contributed by atoms with Gasteiger partial charge in [0.15, 0.2) is 9.84 Å². The predicted octanol–water partition coefficient (Wildman–Crippen LogP) is 3.09. The van der Waals surface area contributed by atoms with E-state index in [1.54, 1.807) is 0 Å². The summed E-state index contributed by atoms with van der Waals surface area (Å²) in [6.07, 6.45) is 2.21. The average molecular weight is 385 g/mol. The SMILES string of the molecule is CC(C)=CCN1CCN(Cc2cccc3ccccc23)[C@@H]2CS(=O)(=O)C[C@@H]21. The van der Waals surface area contributed by atoms with Crippen LogP contribution in [0.4, 0.5) is 0 Å². The molecule has 0 spiro atoms. The van der Waals surface area contributed by atoms with Crippen LogP contribution in [-0.4, -0.2) is 61.4 Å². The van der Waals surface area contributed by atoms with Gasteiger partial charge in [0, 0.05) is 38.3 Å². The molecule has 0 amide bonds. The Morgan fingerprint density at radius 2 is 1.67 bits per heavy atom. The van der Waals surface area contributed by atoms with Crippen molar-refractivity contribution in [2.24, 2.45) is 0 Å². The summed E-state index contributed by atoms with van der Waals surface area (Å²) >= 11 is 0. The van der Waals surface area contributed by atoms with Crippen molar-refractivity contribution in [2.75, 3.05) is 31.1 Å². The zero-order chi connectivity index (χ0) is 19.0. The minimum absolute atomic E-state index is 0.0910. The molecule has 2 fully saturated rings. The van der Waals surface area contributed by atoms with Gasteiger partial charge < -0.3 is 0 Å². The van der Waals surface area contributed by atoms with Crippen LogP contribution in [0.1, 0.15) is 19.4 Å². The van der Waals surface area contributed by atoms with E-state index in [1.165, 1.54) is 21.9 Å². The van der Waals surface area contributed by atoms with Gasteiger partial charge in [-0.3, -0.25) is 9.80 Å². The molecule has 2 heterocycles. The summed E-state index contributed by atoms with van der Waals surface area (Å²) < 4.78 is 24.8. The molecule has 2 atom stereocenters. The van der Waals surface area contributed by atoms with Crippen LogP contribution in [0.3, 0.4) is 0 Å². The largest absolute Gasteiger partial charge is 0.293 e. The van der Waals surface area contributed by atoms with Crippen molar-refractivity contribution >= 4 is 20.6 Å². The Kier molecular flexibility index (Phi) is 5.10. The highest BCUT2D eigenvalue weighted by molar-refractivity contribution is 7.91. The maximum atomic E-state index is 12.4. The van der Waals surface area contributed by atoms with Gasteiger partial charge in [-0.05, 0) is 30.2 Å². The minimum atomic E-state index is -2.97. The second kappa shape index (κ2) is 7.38. The molecule has 0 aromatic heterocycles. The first-order valence-electron chi connectivity index (χ1n) is 9.71. The number of sulfone groups is 1. The van der Waals surface area contributed by atoms with Gasteiger partial charge in [-0.15, -0.1) is 0 Å². The van der Waals surface area contributed by atoms with Crippen molar-refractivity contribution < 1.29 is 8.42 Å². The molecule has 0 saturated carbocycles. The van der Waals surface area contributed by atoms with Crippen molar-refractivity contribution in [2.45, 2.75) is 32.5 Å². The molecule has 2 aromatic carbocycles. The average Bonchev–Trinajstić information content (AvgIpc) is 2.97. The monoisotopic (exact) mass is 384 g/mol. The van der Waals surface area contributed by atoms with Gasteiger partial charge in [-0.25, -0.2) is 8.42 Å². The number of rotatable bonds is 4. The van der Waals surface area contributed by atoms with Gasteiger partial charge in [0.25, 0.3) is 0 Å². The van der Waals surface area contributed by atoms with Gasteiger partial charge >= 0.3 is 0 Å². The lowest BCUT2D eigenvalue weighted by molar-refractivity contribution is 0.0480. The Morgan fingerprint density at radius 1 is 1.00 bits per heavy atom. The van der Waals surface area contributed by atoms with E-state index in [-0.39, 0.29) is 17.8 Å². The molecule has 4 nitrogen and oxygen atoms in total. The minimum Gasteiger partial charge on any atom is -0.293 e. The van der Waals surface area contributed by atoms with E-state index in [1.807, 2.05) is 0 Å². The lowest BCUT2D eigenvalue weighted by Crippen LogP contribution is -2.58. The van der Waals surface area contributed by atoms with Crippen molar-refractivity contribution in [1.29, 1.82) is 0 Å². The summed E-state index contributed by atoms with van der Waals surface area (Å²) in [7, 11) is -2.97. The first-order valence-corrected chi connectivity index (χ1v) is 11.5. The Hall–Kier alpha value is -1.69. The first-order chi connectivity index (χ1) is 12.9. The van der Waals surface area contributed by atoms with Gasteiger partial charge in [-0.1, -0.05) is 54.1 Å². The molecule has 0 N–H and O–H groups in total. The van der Waals surface area contributed by atoms with E-state index in [4.69, 9.17) is 0 Å². The quantitative estimate of drug-likeness (QED) is 0.760. The predicted molar refractivity (Wildman–Crippen MR) is 112 cm³/mol. The molecular formula is C22H28N2O2S. The summed E-state index contributed by atoms with van der Waals surface area (Å²) in [6.45, 7) is 7.69. The van der Waals surface area contributed by atoms with Crippen LogP contribution in [-0.2, 0) is 16.4 Å². The van der Waals surface area contributed by atoms with E-state index >= 15 is 0 Å². The molecule has 2 aliphatic rings. The second-order valence-electron chi connectivity index (χ2n) is 8.10. The molecule has 2 aromatic rings. The van der Waals surface area contributed by atoms with Gasteiger partial charge in [0.2, 0.25) is 0 Å². The molecule has 2 saturated heterocycles. The van der Waals surface area contributed by atoms with Crippen LogP contribution in [0.5, 0.6) is 0 Å². The van der Waals surface area contributed by atoms with Gasteiger partial charge in [0.05, 0.1) is 11.5 Å². The number of piperazine rings is 1. The maximum absolute atomic E-state index is 12.4. The van der Waals surface area contributed by atoms with Crippen LogP contribution < -0.4 is 0 Å². The van der Waals surface area contributed by atoms with Crippen LogP contribution in [0.15, 0.2) is 54.1 Å². The number of fused-ring (bicyclic) bond motifs is 2. The fourth-order valence-corrected chi connectivity index (χ4v) is 6.51.